The number of anilines is 1. The lowest BCUT2D eigenvalue weighted by molar-refractivity contribution is 1.64. The fourth-order valence-electron chi connectivity index (χ4n) is 6.96. The third-order valence-electron chi connectivity index (χ3n) is 9.25. The summed E-state index contributed by atoms with van der Waals surface area (Å²) in [6, 6.07) is 66.6. The van der Waals surface area contributed by atoms with Crippen molar-refractivity contribution in [2.24, 2.45) is 0 Å². The Kier molecular flexibility index (Phi) is 8.16. The Morgan fingerprint density at radius 1 is 0.286 bits per heavy atom. The zero-order valence-corrected chi connectivity index (χ0v) is 27.1. The second-order valence-electron chi connectivity index (χ2n) is 12.3. The number of benzene rings is 9. The Morgan fingerprint density at radius 3 is 1.08 bits per heavy atom. The van der Waals surface area contributed by atoms with E-state index in [0.717, 1.165) is 11.3 Å². The van der Waals surface area contributed by atoms with Crippen molar-refractivity contribution in [2.45, 2.75) is 0 Å². The summed E-state index contributed by atoms with van der Waals surface area (Å²) in [5.74, 6) is 0. The minimum Gasteiger partial charge on any atom is -0.399 e. The maximum Gasteiger partial charge on any atom is 0.0314 e. The van der Waals surface area contributed by atoms with Gasteiger partial charge in [0.05, 0.1) is 0 Å². The molecule has 1 nitrogen and oxygen atoms in total. The smallest absolute Gasteiger partial charge is 0.0314 e. The molecule has 1 heteroatoms. The zero-order valence-electron chi connectivity index (χ0n) is 27.1. The molecule has 0 fully saturated rings. The van der Waals surface area contributed by atoms with Crippen molar-refractivity contribution in [3.05, 3.63) is 199 Å². The van der Waals surface area contributed by atoms with E-state index in [2.05, 4.69) is 158 Å². The molecule has 49 heavy (non-hydrogen) atoms. The van der Waals surface area contributed by atoms with Gasteiger partial charge >= 0.3 is 0 Å². The van der Waals surface area contributed by atoms with E-state index >= 15 is 0 Å². The van der Waals surface area contributed by atoms with Crippen molar-refractivity contribution < 1.29 is 0 Å². The van der Waals surface area contributed by atoms with Crippen LogP contribution in [0.4, 0.5) is 5.69 Å². The SMILES string of the molecule is Nc1ccc(/C=C/c2ccccc2)cc1.c1ccc2c(-c3c4ccccc4c(-c4cccc5ccccc45)c4ccccc34)cccc2c1. The molecule has 0 atom stereocenters. The van der Waals surface area contributed by atoms with Crippen molar-refractivity contribution in [1.82, 2.24) is 0 Å². The van der Waals surface area contributed by atoms with Gasteiger partial charge < -0.3 is 5.73 Å². The molecule has 9 rings (SSSR count). The van der Waals surface area contributed by atoms with Crippen LogP contribution in [0.5, 0.6) is 0 Å². The summed E-state index contributed by atoms with van der Waals surface area (Å²) in [7, 11) is 0. The normalized spacial score (nSPS) is 11.3. The number of fused-ring (bicyclic) bond motifs is 4. The lowest BCUT2D eigenvalue weighted by Crippen LogP contribution is -1.92. The Bertz CT molecular complexity index is 2390. The minimum atomic E-state index is 0.798. The van der Waals surface area contributed by atoms with Crippen LogP contribution >= 0.6 is 0 Å². The highest BCUT2D eigenvalue weighted by atomic mass is 14.5. The molecule has 2 N–H and O–H groups in total. The molecule has 0 saturated heterocycles. The summed E-state index contributed by atoms with van der Waals surface area (Å²) in [5.41, 5.74) is 14.0. The van der Waals surface area contributed by atoms with Crippen LogP contribution in [-0.2, 0) is 0 Å². The standard InChI is InChI=1S/C34H22.C14H13N/c1-3-15-25-23(11-1)13-9-21-27(25)33-29-17-5-7-19-31(29)34(32-20-8-6-18-30(32)33)28-22-10-14-24-12-2-4-16-26(24)28;15-14-10-8-13(9-11-14)7-6-12-4-2-1-3-5-12/h1-22H;1-11H,15H2/b;7-6+. The van der Waals surface area contributed by atoms with Crippen LogP contribution < -0.4 is 5.73 Å². The van der Waals surface area contributed by atoms with Crippen molar-refractivity contribution in [2.75, 3.05) is 5.73 Å². The van der Waals surface area contributed by atoms with Crippen LogP contribution in [-0.4, -0.2) is 0 Å². The Morgan fingerprint density at radius 2 is 0.633 bits per heavy atom. The average Bonchev–Trinajstić information content (AvgIpc) is 3.17. The van der Waals surface area contributed by atoms with Crippen molar-refractivity contribution in [3.63, 3.8) is 0 Å². The Labute approximate surface area is 287 Å². The third kappa shape index (κ3) is 5.95. The van der Waals surface area contributed by atoms with Crippen LogP contribution in [0, 0.1) is 0 Å². The van der Waals surface area contributed by atoms with Gasteiger partial charge in [0.2, 0.25) is 0 Å². The van der Waals surface area contributed by atoms with Crippen LogP contribution in [0.2, 0.25) is 0 Å². The molecule has 9 aromatic carbocycles. The van der Waals surface area contributed by atoms with Crippen molar-refractivity contribution in [3.8, 4) is 22.3 Å². The van der Waals surface area contributed by atoms with Crippen LogP contribution in [0.25, 0.3) is 77.5 Å². The van der Waals surface area contributed by atoms with E-state index in [-0.39, 0.29) is 0 Å². The van der Waals surface area contributed by atoms with E-state index in [1.807, 2.05) is 42.5 Å². The first kappa shape index (κ1) is 29.9. The van der Waals surface area contributed by atoms with E-state index < -0.39 is 0 Å². The first-order valence-electron chi connectivity index (χ1n) is 16.7. The zero-order chi connectivity index (χ0) is 33.0. The molecule has 0 heterocycles. The minimum absolute atomic E-state index is 0.798. The number of nitrogen functional groups attached to an aromatic ring is 1. The predicted molar refractivity (Wildman–Crippen MR) is 214 cm³/mol. The average molecular weight is 626 g/mol. The van der Waals surface area contributed by atoms with Gasteiger partial charge in [0.15, 0.2) is 0 Å². The summed E-state index contributed by atoms with van der Waals surface area (Å²) in [4.78, 5) is 0. The monoisotopic (exact) mass is 625 g/mol. The topological polar surface area (TPSA) is 26.0 Å². The molecular formula is C48H35N. The quantitative estimate of drug-likeness (QED) is 0.118. The first-order chi connectivity index (χ1) is 24.2. The first-order valence-corrected chi connectivity index (χ1v) is 16.7. The van der Waals surface area contributed by atoms with E-state index in [0.29, 0.717) is 0 Å². The molecule has 0 aliphatic carbocycles. The summed E-state index contributed by atoms with van der Waals surface area (Å²) in [5, 5.41) is 10.3. The molecule has 0 amide bonds. The highest BCUT2D eigenvalue weighted by molar-refractivity contribution is 6.25. The van der Waals surface area contributed by atoms with Gasteiger partial charge in [-0.25, -0.2) is 0 Å². The lowest BCUT2D eigenvalue weighted by atomic mass is 9.84. The second-order valence-corrected chi connectivity index (χ2v) is 12.3. The maximum absolute atomic E-state index is 5.61. The number of rotatable bonds is 4. The number of nitrogens with two attached hydrogens (primary N) is 1. The molecule has 0 saturated carbocycles. The van der Waals surface area contributed by atoms with Crippen LogP contribution in [0.1, 0.15) is 11.1 Å². The molecule has 0 bridgehead atoms. The van der Waals surface area contributed by atoms with E-state index in [9.17, 15) is 0 Å². The molecule has 0 aliphatic heterocycles. The largest absolute Gasteiger partial charge is 0.399 e. The molecule has 0 aliphatic rings. The Balaban J connectivity index is 0.000000195. The lowest BCUT2D eigenvalue weighted by Gasteiger charge is -2.19. The summed E-state index contributed by atoms with van der Waals surface area (Å²) < 4.78 is 0. The van der Waals surface area contributed by atoms with Gasteiger partial charge in [-0.2, -0.15) is 0 Å². The Hall–Kier alpha value is -6.44. The van der Waals surface area contributed by atoms with E-state index in [1.165, 1.54) is 70.9 Å². The molecule has 0 radical (unpaired) electrons. The fourth-order valence-corrected chi connectivity index (χ4v) is 6.96. The highest BCUT2D eigenvalue weighted by Gasteiger charge is 2.18. The summed E-state index contributed by atoms with van der Waals surface area (Å²) >= 11 is 0. The van der Waals surface area contributed by atoms with Gasteiger partial charge in [-0.3, -0.25) is 0 Å². The highest BCUT2D eigenvalue weighted by Crippen LogP contribution is 2.46. The molecule has 232 valence electrons. The predicted octanol–water partition coefficient (Wildman–Crippen LogP) is 13.1. The van der Waals surface area contributed by atoms with Crippen molar-refractivity contribution >= 4 is 60.9 Å². The molecule has 0 spiro atoms. The molecular weight excluding hydrogens is 591 g/mol. The van der Waals surface area contributed by atoms with Crippen LogP contribution in [0.15, 0.2) is 188 Å². The van der Waals surface area contributed by atoms with Crippen LogP contribution in [0.3, 0.4) is 0 Å². The second kappa shape index (κ2) is 13.4. The van der Waals surface area contributed by atoms with Gasteiger partial charge in [-0.1, -0.05) is 188 Å². The van der Waals surface area contributed by atoms with Gasteiger partial charge in [-0.05, 0) is 88.6 Å². The van der Waals surface area contributed by atoms with Gasteiger partial charge in [0.25, 0.3) is 0 Å². The number of hydrogen-bond acceptors (Lipinski definition) is 1. The molecule has 9 aromatic rings. The maximum atomic E-state index is 5.61. The van der Waals surface area contributed by atoms with E-state index in [1.54, 1.807) is 0 Å². The third-order valence-corrected chi connectivity index (χ3v) is 9.25. The number of hydrogen-bond donors (Lipinski definition) is 1. The van der Waals surface area contributed by atoms with Gasteiger partial charge in [0, 0.05) is 5.69 Å². The van der Waals surface area contributed by atoms with Crippen molar-refractivity contribution in [1.29, 1.82) is 0 Å². The van der Waals surface area contributed by atoms with E-state index in [4.69, 9.17) is 5.73 Å². The molecule has 0 unspecified atom stereocenters. The molecule has 0 aromatic heterocycles. The van der Waals surface area contributed by atoms with Gasteiger partial charge in [0.1, 0.15) is 0 Å². The fraction of sp³-hybridized carbons (Fsp3) is 0. The summed E-state index contributed by atoms with van der Waals surface area (Å²) in [6.45, 7) is 0. The van der Waals surface area contributed by atoms with Gasteiger partial charge in [-0.15, -0.1) is 0 Å². The summed E-state index contributed by atoms with van der Waals surface area (Å²) in [6.07, 6.45) is 4.17.